The zero-order valence-electron chi connectivity index (χ0n) is 16.5. The maximum absolute atomic E-state index is 12.8. The first-order chi connectivity index (χ1) is 12.9. The van der Waals surface area contributed by atoms with Gasteiger partial charge in [0, 0.05) is 15.6 Å². The fourth-order valence-electron chi connectivity index (χ4n) is 2.67. The summed E-state index contributed by atoms with van der Waals surface area (Å²) in [5.74, 6) is -0.203. The van der Waals surface area contributed by atoms with Crippen molar-refractivity contribution >= 4 is 31.9 Å². The first-order valence-corrected chi connectivity index (χ1v) is 11.0. The highest BCUT2D eigenvalue weighted by atomic mass is 79.9. The predicted molar refractivity (Wildman–Crippen MR) is 113 cm³/mol. The molecule has 0 radical (unpaired) electrons. The van der Waals surface area contributed by atoms with Gasteiger partial charge < -0.3 is 10.1 Å². The molecule has 1 atom stereocenters. The van der Waals surface area contributed by atoms with Crippen LogP contribution in [0.2, 0.25) is 0 Å². The number of hydrogen-bond acceptors (Lipinski definition) is 4. The van der Waals surface area contributed by atoms with Gasteiger partial charge in [0.15, 0.2) is 0 Å². The van der Waals surface area contributed by atoms with Gasteiger partial charge in [-0.3, -0.25) is 4.79 Å². The van der Waals surface area contributed by atoms with Crippen molar-refractivity contribution in [3.63, 3.8) is 0 Å². The number of nitrogens with one attached hydrogen (secondary N) is 2. The van der Waals surface area contributed by atoms with Gasteiger partial charge in [0.05, 0.1) is 13.2 Å². The second-order valence-electron chi connectivity index (χ2n) is 7.44. The molecule has 0 fully saturated rings. The number of halogens is 1. The van der Waals surface area contributed by atoms with Crippen LogP contribution in [0.15, 0.2) is 51.8 Å². The number of rotatable bonds is 6. The molecule has 1 amide bonds. The molecule has 28 heavy (non-hydrogen) atoms. The van der Waals surface area contributed by atoms with Crippen LogP contribution in [0.3, 0.4) is 0 Å². The lowest BCUT2D eigenvalue weighted by molar-refractivity contribution is 0.0939. The van der Waals surface area contributed by atoms with Crippen molar-refractivity contribution < 1.29 is 17.9 Å². The fourth-order valence-corrected chi connectivity index (χ4v) is 4.91. The van der Waals surface area contributed by atoms with Gasteiger partial charge in [-0.25, -0.2) is 13.1 Å². The molecule has 0 aliphatic carbocycles. The van der Waals surface area contributed by atoms with Crippen LogP contribution < -0.4 is 14.8 Å². The molecule has 1 unspecified atom stereocenters. The Bertz CT molecular complexity index is 968. The lowest BCUT2D eigenvalue weighted by atomic mass is 10.1. The van der Waals surface area contributed by atoms with E-state index in [0.29, 0.717) is 0 Å². The van der Waals surface area contributed by atoms with Crippen LogP contribution in [0.5, 0.6) is 5.75 Å². The molecule has 0 saturated heterocycles. The number of ether oxygens (including phenoxy) is 1. The SMILES string of the molecule is COc1ccc(C(=O)NC(C)c2ccccc2Br)cc1S(=O)(=O)NC(C)(C)C. The van der Waals surface area contributed by atoms with Crippen LogP contribution in [0.25, 0.3) is 0 Å². The Balaban J connectivity index is 2.34. The number of hydrogen-bond donors (Lipinski definition) is 2. The lowest BCUT2D eigenvalue weighted by Crippen LogP contribution is -2.40. The number of carbonyl (C=O) groups is 1. The molecule has 0 spiro atoms. The molecule has 2 aromatic carbocycles. The summed E-state index contributed by atoms with van der Waals surface area (Å²) in [7, 11) is -2.48. The van der Waals surface area contributed by atoms with E-state index in [4.69, 9.17) is 4.74 Å². The minimum Gasteiger partial charge on any atom is -0.495 e. The predicted octanol–water partition coefficient (Wildman–Crippen LogP) is 4.03. The van der Waals surface area contributed by atoms with E-state index < -0.39 is 15.6 Å². The summed E-state index contributed by atoms with van der Waals surface area (Å²) in [6.07, 6.45) is 0. The Morgan fingerprint density at radius 1 is 1.14 bits per heavy atom. The molecule has 2 rings (SSSR count). The zero-order valence-corrected chi connectivity index (χ0v) is 18.9. The van der Waals surface area contributed by atoms with Crippen molar-refractivity contribution in [3.8, 4) is 5.75 Å². The third-order valence-corrected chi connectivity index (χ3v) is 6.38. The summed E-state index contributed by atoms with van der Waals surface area (Å²) in [4.78, 5) is 12.6. The van der Waals surface area contributed by atoms with Crippen molar-refractivity contribution in [2.24, 2.45) is 0 Å². The van der Waals surface area contributed by atoms with Crippen LogP contribution in [-0.2, 0) is 10.0 Å². The summed E-state index contributed by atoms with van der Waals surface area (Å²) in [6, 6.07) is 11.7. The van der Waals surface area contributed by atoms with Crippen molar-refractivity contribution in [1.82, 2.24) is 10.0 Å². The molecule has 6 nitrogen and oxygen atoms in total. The molecule has 0 heterocycles. The molecule has 0 aliphatic rings. The maximum Gasteiger partial charge on any atom is 0.251 e. The number of benzene rings is 2. The van der Waals surface area contributed by atoms with E-state index in [0.717, 1.165) is 10.0 Å². The van der Waals surface area contributed by atoms with Crippen LogP contribution in [0.1, 0.15) is 49.7 Å². The molecule has 0 aromatic heterocycles. The van der Waals surface area contributed by atoms with E-state index in [1.807, 2.05) is 31.2 Å². The summed E-state index contributed by atoms with van der Waals surface area (Å²) < 4.78 is 34.2. The molecule has 152 valence electrons. The molecule has 2 N–H and O–H groups in total. The summed E-state index contributed by atoms with van der Waals surface area (Å²) in [6.45, 7) is 7.09. The zero-order chi connectivity index (χ0) is 21.1. The van der Waals surface area contributed by atoms with E-state index in [9.17, 15) is 13.2 Å². The van der Waals surface area contributed by atoms with Crippen LogP contribution in [0, 0.1) is 0 Å². The number of carbonyl (C=O) groups excluding carboxylic acids is 1. The highest BCUT2D eigenvalue weighted by Gasteiger charge is 2.26. The average molecular weight is 469 g/mol. The van der Waals surface area contributed by atoms with Gasteiger partial charge in [0.2, 0.25) is 10.0 Å². The Hall–Kier alpha value is -1.90. The quantitative estimate of drug-likeness (QED) is 0.669. The molecular weight excluding hydrogens is 444 g/mol. The topological polar surface area (TPSA) is 84.5 Å². The van der Waals surface area contributed by atoms with Crippen molar-refractivity contribution in [1.29, 1.82) is 0 Å². The number of amides is 1. The molecular formula is C20H25BrN2O4S. The Morgan fingerprint density at radius 3 is 2.36 bits per heavy atom. The second kappa shape index (κ2) is 8.63. The van der Waals surface area contributed by atoms with E-state index in [1.54, 1.807) is 20.8 Å². The van der Waals surface area contributed by atoms with Crippen molar-refractivity contribution in [3.05, 3.63) is 58.1 Å². The van der Waals surface area contributed by atoms with E-state index >= 15 is 0 Å². The van der Waals surface area contributed by atoms with E-state index in [1.165, 1.54) is 25.3 Å². The van der Waals surface area contributed by atoms with Gasteiger partial charge in [0.1, 0.15) is 10.6 Å². The average Bonchev–Trinajstić information content (AvgIpc) is 2.59. The molecule has 0 bridgehead atoms. The van der Waals surface area contributed by atoms with Crippen molar-refractivity contribution in [2.45, 2.75) is 44.2 Å². The lowest BCUT2D eigenvalue weighted by Gasteiger charge is -2.22. The van der Waals surface area contributed by atoms with E-state index in [2.05, 4.69) is 26.0 Å². The van der Waals surface area contributed by atoms with Gasteiger partial charge in [-0.05, 0) is 57.5 Å². The van der Waals surface area contributed by atoms with Crippen LogP contribution in [-0.4, -0.2) is 27.0 Å². The minimum atomic E-state index is -3.87. The monoisotopic (exact) mass is 468 g/mol. The second-order valence-corrected chi connectivity index (χ2v) is 9.94. The first kappa shape index (κ1) is 22.4. The van der Waals surface area contributed by atoms with Crippen LogP contribution >= 0.6 is 15.9 Å². The normalized spacial score (nSPS) is 13.1. The third-order valence-electron chi connectivity index (χ3n) is 3.88. The highest BCUT2D eigenvalue weighted by Crippen LogP contribution is 2.27. The van der Waals surface area contributed by atoms with Gasteiger partial charge in [-0.1, -0.05) is 34.1 Å². The molecule has 8 heteroatoms. The third kappa shape index (κ3) is 5.56. The Kier molecular flexibility index (Phi) is 6.90. The van der Waals surface area contributed by atoms with E-state index in [-0.39, 0.29) is 28.2 Å². The Morgan fingerprint density at radius 2 is 1.79 bits per heavy atom. The van der Waals surface area contributed by atoms with Gasteiger partial charge in [-0.15, -0.1) is 0 Å². The largest absolute Gasteiger partial charge is 0.495 e. The number of sulfonamides is 1. The van der Waals surface area contributed by atoms with Gasteiger partial charge in [0.25, 0.3) is 5.91 Å². The van der Waals surface area contributed by atoms with Gasteiger partial charge in [-0.2, -0.15) is 0 Å². The smallest absolute Gasteiger partial charge is 0.251 e. The van der Waals surface area contributed by atoms with Crippen molar-refractivity contribution in [2.75, 3.05) is 7.11 Å². The summed E-state index contributed by atoms with van der Waals surface area (Å²) in [5.41, 5.74) is 0.483. The van der Waals surface area contributed by atoms with Crippen LogP contribution in [0.4, 0.5) is 0 Å². The molecule has 0 saturated carbocycles. The Labute approximate surface area is 174 Å². The van der Waals surface area contributed by atoms with Gasteiger partial charge >= 0.3 is 0 Å². The molecule has 2 aromatic rings. The fraction of sp³-hybridized carbons (Fsp3) is 0.350. The minimum absolute atomic E-state index is 0.0777. The summed E-state index contributed by atoms with van der Waals surface area (Å²) in [5, 5.41) is 2.89. The molecule has 0 aliphatic heterocycles. The summed E-state index contributed by atoms with van der Waals surface area (Å²) >= 11 is 3.47. The standard InChI is InChI=1S/C20H25BrN2O4S/c1-13(15-8-6-7-9-16(15)21)22-19(24)14-10-11-17(27-5)18(12-14)28(25,26)23-20(2,3)4/h6-13,23H,1-5H3,(H,22,24). The first-order valence-electron chi connectivity index (χ1n) is 8.72. The number of methoxy groups -OCH3 is 1. The highest BCUT2D eigenvalue weighted by molar-refractivity contribution is 9.10. The maximum atomic E-state index is 12.8.